The van der Waals surface area contributed by atoms with Crippen LogP contribution < -0.4 is 5.32 Å². The van der Waals surface area contributed by atoms with Gasteiger partial charge < -0.3 is 5.32 Å². The number of nitrogens with one attached hydrogen (secondary N) is 1. The number of pyridine rings is 1. The molecule has 0 aromatic carbocycles. The maximum Gasteiger partial charge on any atom is 0.0651 e. The van der Waals surface area contributed by atoms with Gasteiger partial charge in [0, 0.05) is 45.0 Å². The molecule has 1 aromatic rings. The normalized spacial score (nSPS) is 26.0. The zero-order valence-electron chi connectivity index (χ0n) is 13.9. The summed E-state index contributed by atoms with van der Waals surface area (Å²) < 4.78 is 0. The molecule has 3 rings (SSSR count). The predicted octanol–water partition coefficient (Wildman–Crippen LogP) is 2.29. The van der Waals surface area contributed by atoms with Gasteiger partial charge in [-0.15, -0.1) is 0 Å². The van der Waals surface area contributed by atoms with E-state index in [2.05, 4.69) is 34.2 Å². The van der Waals surface area contributed by atoms with Crippen molar-refractivity contribution in [3.8, 4) is 0 Å². The van der Waals surface area contributed by atoms with Gasteiger partial charge in [0.2, 0.25) is 0 Å². The average Bonchev–Trinajstić information content (AvgIpc) is 2.61. The number of likely N-dealkylation sites (tertiary alicyclic amines) is 1. The van der Waals surface area contributed by atoms with Gasteiger partial charge in [-0.3, -0.25) is 14.8 Å². The van der Waals surface area contributed by atoms with Crippen LogP contribution in [0.4, 0.5) is 0 Å². The fourth-order valence-electron chi connectivity index (χ4n) is 3.95. The Hall–Kier alpha value is -0.970. The van der Waals surface area contributed by atoms with E-state index in [1.165, 1.54) is 37.9 Å². The molecule has 0 spiro atoms. The Labute approximate surface area is 134 Å². The summed E-state index contributed by atoms with van der Waals surface area (Å²) in [5, 5.41) is 3.46. The standard InChI is InChI=1S/C18H30N4/c1-2-16-7-4-6-12-22(16)18(17-8-3-5-9-20-17)15-21-13-10-19-11-14-21/h3,5,8-9,16,18-19H,2,4,6-7,10-15H2,1H3. The van der Waals surface area contributed by atoms with Crippen molar-refractivity contribution in [2.24, 2.45) is 0 Å². The van der Waals surface area contributed by atoms with Crippen molar-refractivity contribution in [2.75, 3.05) is 39.3 Å². The van der Waals surface area contributed by atoms with Crippen molar-refractivity contribution >= 4 is 0 Å². The van der Waals surface area contributed by atoms with Gasteiger partial charge in [0.25, 0.3) is 0 Å². The number of hydrogen-bond donors (Lipinski definition) is 1. The first-order valence-electron chi connectivity index (χ1n) is 8.98. The van der Waals surface area contributed by atoms with Gasteiger partial charge in [-0.25, -0.2) is 0 Å². The minimum Gasteiger partial charge on any atom is -0.314 e. The summed E-state index contributed by atoms with van der Waals surface area (Å²) >= 11 is 0. The van der Waals surface area contributed by atoms with Crippen LogP contribution >= 0.6 is 0 Å². The topological polar surface area (TPSA) is 31.4 Å². The number of aromatic nitrogens is 1. The first-order chi connectivity index (χ1) is 10.9. The molecule has 122 valence electrons. The smallest absolute Gasteiger partial charge is 0.0651 e. The Morgan fingerprint density at radius 2 is 2.09 bits per heavy atom. The number of rotatable bonds is 5. The van der Waals surface area contributed by atoms with Gasteiger partial charge in [-0.2, -0.15) is 0 Å². The van der Waals surface area contributed by atoms with Gasteiger partial charge >= 0.3 is 0 Å². The van der Waals surface area contributed by atoms with Crippen LogP contribution in [0.5, 0.6) is 0 Å². The highest BCUT2D eigenvalue weighted by molar-refractivity contribution is 5.11. The molecular weight excluding hydrogens is 272 g/mol. The number of piperidine rings is 1. The van der Waals surface area contributed by atoms with Crippen LogP contribution in [0, 0.1) is 0 Å². The van der Waals surface area contributed by atoms with Gasteiger partial charge in [0.15, 0.2) is 0 Å². The molecule has 1 N–H and O–H groups in total. The molecule has 2 saturated heterocycles. The van der Waals surface area contributed by atoms with Gasteiger partial charge in [-0.05, 0) is 37.9 Å². The van der Waals surface area contributed by atoms with E-state index in [1.54, 1.807) is 0 Å². The maximum atomic E-state index is 4.70. The molecule has 2 aliphatic rings. The van der Waals surface area contributed by atoms with Crippen LogP contribution in [0.2, 0.25) is 0 Å². The Balaban J connectivity index is 1.78. The lowest BCUT2D eigenvalue weighted by molar-refractivity contribution is 0.0603. The van der Waals surface area contributed by atoms with Crippen LogP contribution in [0.1, 0.15) is 44.3 Å². The molecule has 4 heteroatoms. The summed E-state index contributed by atoms with van der Waals surface area (Å²) in [4.78, 5) is 10.1. The Kier molecular flexibility index (Phi) is 5.82. The molecule has 2 aliphatic heterocycles. The minimum absolute atomic E-state index is 0.449. The van der Waals surface area contributed by atoms with Crippen LogP contribution in [-0.2, 0) is 0 Å². The predicted molar refractivity (Wildman–Crippen MR) is 90.9 cm³/mol. The highest BCUT2D eigenvalue weighted by Gasteiger charge is 2.31. The lowest BCUT2D eigenvalue weighted by Crippen LogP contribution is -2.50. The second-order valence-electron chi connectivity index (χ2n) is 6.62. The zero-order valence-corrected chi connectivity index (χ0v) is 13.9. The van der Waals surface area contributed by atoms with E-state index in [4.69, 9.17) is 4.98 Å². The Bertz CT molecular complexity index is 430. The lowest BCUT2D eigenvalue weighted by atomic mass is 9.96. The van der Waals surface area contributed by atoms with Crippen molar-refractivity contribution in [1.29, 1.82) is 0 Å². The molecule has 2 unspecified atom stereocenters. The van der Waals surface area contributed by atoms with Crippen molar-refractivity contribution in [2.45, 2.75) is 44.7 Å². The molecule has 0 aliphatic carbocycles. The van der Waals surface area contributed by atoms with E-state index in [-0.39, 0.29) is 0 Å². The van der Waals surface area contributed by atoms with E-state index in [0.29, 0.717) is 6.04 Å². The summed E-state index contributed by atoms with van der Waals surface area (Å²) in [5.41, 5.74) is 1.25. The summed E-state index contributed by atoms with van der Waals surface area (Å²) in [6.45, 7) is 9.24. The second-order valence-corrected chi connectivity index (χ2v) is 6.62. The molecule has 0 bridgehead atoms. The van der Waals surface area contributed by atoms with Crippen molar-refractivity contribution in [1.82, 2.24) is 20.1 Å². The summed E-state index contributed by atoms with van der Waals surface area (Å²) in [5.74, 6) is 0. The van der Waals surface area contributed by atoms with Crippen LogP contribution in [-0.4, -0.2) is 60.1 Å². The first-order valence-corrected chi connectivity index (χ1v) is 8.98. The van der Waals surface area contributed by atoms with Gasteiger partial charge in [0.1, 0.15) is 0 Å². The third-order valence-electron chi connectivity index (χ3n) is 5.21. The van der Waals surface area contributed by atoms with E-state index in [0.717, 1.165) is 38.8 Å². The monoisotopic (exact) mass is 302 g/mol. The van der Waals surface area contributed by atoms with E-state index >= 15 is 0 Å². The van der Waals surface area contributed by atoms with Crippen LogP contribution in [0.15, 0.2) is 24.4 Å². The summed E-state index contributed by atoms with van der Waals surface area (Å²) in [6.07, 6.45) is 7.27. The molecular formula is C18H30N4. The Morgan fingerprint density at radius 3 is 2.82 bits per heavy atom. The molecule has 2 fully saturated rings. The van der Waals surface area contributed by atoms with E-state index in [1.807, 2.05) is 12.3 Å². The molecule has 0 saturated carbocycles. The fourth-order valence-corrected chi connectivity index (χ4v) is 3.95. The minimum atomic E-state index is 0.449. The molecule has 1 aromatic heterocycles. The molecule has 3 heterocycles. The fraction of sp³-hybridized carbons (Fsp3) is 0.722. The quantitative estimate of drug-likeness (QED) is 0.904. The molecule has 4 nitrogen and oxygen atoms in total. The SMILES string of the molecule is CCC1CCCCN1C(CN1CCNCC1)c1ccccn1. The molecule has 0 radical (unpaired) electrons. The van der Waals surface area contributed by atoms with Crippen molar-refractivity contribution < 1.29 is 0 Å². The van der Waals surface area contributed by atoms with Crippen molar-refractivity contribution in [3.63, 3.8) is 0 Å². The van der Waals surface area contributed by atoms with E-state index in [9.17, 15) is 0 Å². The van der Waals surface area contributed by atoms with E-state index < -0.39 is 0 Å². The third kappa shape index (κ3) is 3.86. The Morgan fingerprint density at radius 1 is 1.23 bits per heavy atom. The highest BCUT2D eigenvalue weighted by Crippen LogP contribution is 2.30. The van der Waals surface area contributed by atoms with Crippen molar-refractivity contribution in [3.05, 3.63) is 30.1 Å². The van der Waals surface area contributed by atoms with Crippen LogP contribution in [0.25, 0.3) is 0 Å². The first kappa shape index (κ1) is 15.9. The molecule has 2 atom stereocenters. The third-order valence-corrected chi connectivity index (χ3v) is 5.21. The van der Waals surface area contributed by atoms with Gasteiger partial charge in [0.05, 0.1) is 11.7 Å². The average molecular weight is 302 g/mol. The molecule has 0 amide bonds. The molecule has 22 heavy (non-hydrogen) atoms. The van der Waals surface area contributed by atoms with Gasteiger partial charge in [-0.1, -0.05) is 19.4 Å². The summed E-state index contributed by atoms with van der Waals surface area (Å²) in [7, 11) is 0. The highest BCUT2D eigenvalue weighted by atomic mass is 15.3. The lowest BCUT2D eigenvalue weighted by Gasteiger charge is -2.43. The number of nitrogens with zero attached hydrogens (tertiary/aromatic N) is 3. The number of piperazine rings is 1. The maximum absolute atomic E-state index is 4.70. The zero-order chi connectivity index (χ0) is 15.2. The summed E-state index contributed by atoms with van der Waals surface area (Å²) in [6, 6.07) is 7.55. The van der Waals surface area contributed by atoms with Crippen LogP contribution in [0.3, 0.4) is 0 Å². The second kappa shape index (κ2) is 8.04. The number of hydrogen-bond acceptors (Lipinski definition) is 4. The largest absolute Gasteiger partial charge is 0.314 e.